The van der Waals surface area contributed by atoms with Crippen molar-refractivity contribution in [1.82, 2.24) is 36.4 Å². The van der Waals surface area contributed by atoms with E-state index in [9.17, 15) is 4.79 Å². The number of amides is 1. The van der Waals surface area contributed by atoms with Gasteiger partial charge in [-0.05, 0) is 17.4 Å². The molecule has 0 aliphatic heterocycles. The minimum atomic E-state index is -0.347. The molecule has 0 spiro atoms. The summed E-state index contributed by atoms with van der Waals surface area (Å²) in [5.74, 6) is 0.115. The number of hydrazine groups is 1. The molecule has 0 aliphatic rings. The lowest BCUT2D eigenvalue weighted by atomic mass is 10.2. The minimum Gasteiger partial charge on any atom is -0.358 e. The smallest absolute Gasteiger partial charge is 0.262 e. The highest BCUT2D eigenvalue weighted by molar-refractivity contribution is 7.80. The fourth-order valence-corrected chi connectivity index (χ4v) is 1.65. The van der Waals surface area contributed by atoms with Crippen molar-refractivity contribution in [1.29, 1.82) is 0 Å². The Labute approximate surface area is 132 Å². The normalized spacial score (nSPS) is 9.82. The van der Waals surface area contributed by atoms with Crippen molar-refractivity contribution < 1.29 is 4.79 Å². The van der Waals surface area contributed by atoms with Gasteiger partial charge in [-0.1, -0.05) is 36.4 Å². The molecule has 22 heavy (non-hydrogen) atoms. The second-order valence-corrected chi connectivity index (χ2v) is 4.59. The fourth-order valence-electron chi connectivity index (χ4n) is 1.52. The maximum atomic E-state index is 11.7. The van der Waals surface area contributed by atoms with Gasteiger partial charge in [0.25, 0.3) is 5.91 Å². The Morgan fingerprint density at radius 1 is 1.32 bits per heavy atom. The monoisotopic (exact) mass is 317 g/mol. The number of hydrogen-bond donors (Lipinski definition) is 3. The van der Waals surface area contributed by atoms with Gasteiger partial charge in [0, 0.05) is 12.1 Å². The van der Waals surface area contributed by atoms with E-state index in [-0.39, 0.29) is 12.5 Å². The van der Waals surface area contributed by atoms with Gasteiger partial charge in [0.1, 0.15) is 6.54 Å². The zero-order valence-corrected chi connectivity index (χ0v) is 12.5. The molecule has 114 valence electrons. The maximum Gasteiger partial charge on any atom is 0.262 e. The van der Waals surface area contributed by atoms with Gasteiger partial charge in [-0.3, -0.25) is 15.6 Å². The zero-order chi connectivity index (χ0) is 15.8. The molecular formula is C13H15N7OS. The first-order valence-electron chi connectivity index (χ1n) is 6.46. The summed E-state index contributed by atoms with van der Waals surface area (Å²) in [5, 5.41) is 15.0. The molecule has 0 atom stereocenters. The SMILES string of the molecule is C=CCNC(=S)NNC(=O)Cn1nnc(-c2ccccc2)n1. The molecule has 1 aromatic heterocycles. The number of carbonyl (C=O) groups excluding carboxylic acids is 1. The van der Waals surface area contributed by atoms with Crippen LogP contribution < -0.4 is 16.2 Å². The number of rotatable bonds is 5. The first kappa shape index (κ1) is 15.6. The highest BCUT2D eigenvalue weighted by Gasteiger charge is 2.09. The predicted octanol–water partition coefficient (Wildman–Crippen LogP) is 0.0214. The van der Waals surface area contributed by atoms with Crippen LogP contribution in [0.5, 0.6) is 0 Å². The molecule has 0 fully saturated rings. The Morgan fingerprint density at radius 2 is 2.09 bits per heavy atom. The first-order valence-corrected chi connectivity index (χ1v) is 6.86. The quantitative estimate of drug-likeness (QED) is 0.406. The van der Waals surface area contributed by atoms with E-state index >= 15 is 0 Å². The number of benzene rings is 1. The van der Waals surface area contributed by atoms with Gasteiger partial charge in [-0.2, -0.15) is 4.80 Å². The Hall–Kier alpha value is -2.81. The van der Waals surface area contributed by atoms with Gasteiger partial charge in [0.2, 0.25) is 5.82 Å². The van der Waals surface area contributed by atoms with Crippen LogP contribution in [0.1, 0.15) is 0 Å². The molecule has 9 heteroatoms. The topological polar surface area (TPSA) is 96.8 Å². The highest BCUT2D eigenvalue weighted by atomic mass is 32.1. The van der Waals surface area contributed by atoms with Crippen LogP contribution in [0.3, 0.4) is 0 Å². The van der Waals surface area contributed by atoms with Crippen LogP contribution in [0.4, 0.5) is 0 Å². The molecule has 2 aromatic rings. The molecular weight excluding hydrogens is 302 g/mol. The lowest BCUT2D eigenvalue weighted by Crippen LogP contribution is -2.47. The number of thiocarbonyl (C=S) groups is 1. The molecule has 0 bridgehead atoms. The second-order valence-electron chi connectivity index (χ2n) is 4.18. The molecule has 0 unspecified atom stereocenters. The average Bonchev–Trinajstić information content (AvgIpc) is 3.00. The number of nitrogens with one attached hydrogen (secondary N) is 3. The number of tetrazole rings is 1. The van der Waals surface area contributed by atoms with Crippen molar-refractivity contribution in [3.05, 3.63) is 43.0 Å². The molecule has 2 rings (SSSR count). The zero-order valence-electron chi connectivity index (χ0n) is 11.7. The third-order valence-electron chi connectivity index (χ3n) is 2.49. The molecule has 0 saturated heterocycles. The number of hydrogen-bond acceptors (Lipinski definition) is 5. The van der Waals surface area contributed by atoms with Crippen LogP contribution in [0.25, 0.3) is 11.4 Å². The van der Waals surface area contributed by atoms with Crippen molar-refractivity contribution in [2.75, 3.05) is 6.54 Å². The summed E-state index contributed by atoms with van der Waals surface area (Å²) in [7, 11) is 0. The molecule has 1 heterocycles. The molecule has 0 radical (unpaired) electrons. The summed E-state index contributed by atoms with van der Waals surface area (Å²) in [4.78, 5) is 12.9. The van der Waals surface area contributed by atoms with Gasteiger partial charge in [0.05, 0.1) is 0 Å². The van der Waals surface area contributed by atoms with Crippen molar-refractivity contribution in [3.63, 3.8) is 0 Å². The summed E-state index contributed by atoms with van der Waals surface area (Å²) in [6, 6.07) is 9.39. The maximum absolute atomic E-state index is 11.7. The van der Waals surface area contributed by atoms with E-state index in [4.69, 9.17) is 12.2 Å². The van der Waals surface area contributed by atoms with Crippen molar-refractivity contribution in [2.24, 2.45) is 0 Å². The fraction of sp³-hybridized carbons (Fsp3) is 0.154. The lowest BCUT2D eigenvalue weighted by Gasteiger charge is -2.09. The first-order chi connectivity index (χ1) is 10.7. The van der Waals surface area contributed by atoms with Crippen LogP contribution in [0.2, 0.25) is 0 Å². The average molecular weight is 317 g/mol. The van der Waals surface area contributed by atoms with E-state index in [0.717, 1.165) is 5.56 Å². The summed E-state index contributed by atoms with van der Waals surface area (Å²) < 4.78 is 0. The lowest BCUT2D eigenvalue weighted by molar-refractivity contribution is -0.122. The number of nitrogens with zero attached hydrogens (tertiary/aromatic N) is 4. The van der Waals surface area contributed by atoms with E-state index in [1.165, 1.54) is 4.80 Å². The molecule has 3 N–H and O–H groups in total. The van der Waals surface area contributed by atoms with E-state index < -0.39 is 0 Å². The molecule has 0 aliphatic carbocycles. The molecule has 1 aromatic carbocycles. The predicted molar refractivity (Wildman–Crippen MR) is 85.3 cm³/mol. The van der Waals surface area contributed by atoms with Crippen LogP contribution >= 0.6 is 12.2 Å². The van der Waals surface area contributed by atoms with Crippen LogP contribution in [-0.2, 0) is 11.3 Å². The third-order valence-corrected chi connectivity index (χ3v) is 2.74. The Bertz CT molecular complexity index is 655. The van der Waals surface area contributed by atoms with Crippen LogP contribution in [-0.4, -0.2) is 37.8 Å². The van der Waals surface area contributed by atoms with E-state index in [0.29, 0.717) is 17.5 Å². The largest absolute Gasteiger partial charge is 0.358 e. The number of carbonyl (C=O) groups is 1. The van der Waals surface area contributed by atoms with Gasteiger partial charge < -0.3 is 5.32 Å². The van der Waals surface area contributed by atoms with Crippen molar-refractivity contribution in [2.45, 2.75) is 6.54 Å². The summed E-state index contributed by atoms with van der Waals surface area (Å²) in [6.45, 7) is 3.98. The van der Waals surface area contributed by atoms with E-state index in [1.807, 2.05) is 30.3 Å². The minimum absolute atomic E-state index is 0.0725. The molecule has 0 saturated carbocycles. The van der Waals surface area contributed by atoms with E-state index in [2.05, 4.69) is 38.2 Å². The summed E-state index contributed by atoms with van der Waals surface area (Å²) in [5.41, 5.74) is 5.83. The molecule has 1 amide bonds. The second kappa shape index (κ2) is 7.84. The van der Waals surface area contributed by atoms with E-state index in [1.54, 1.807) is 6.08 Å². The van der Waals surface area contributed by atoms with Crippen molar-refractivity contribution in [3.8, 4) is 11.4 Å². The van der Waals surface area contributed by atoms with Gasteiger partial charge >= 0.3 is 0 Å². The summed E-state index contributed by atoms with van der Waals surface area (Å²) >= 11 is 4.94. The Kier molecular flexibility index (Phi) is 5.55. The Balaban J connectivity index is 1.84. The van der Waals surface area contributed by atoms with Gasteiger partial charge in [0.15, 0.2) is 5.11 Å². The van der Waals surface area contributed by atoms with Crippen LogP contribution in [0.15, 0.2) is 43.0 Å². The number of aromatic nitrogens is 4. The van der Waals surface area contributed by atoms with Gasteiger partial charge in [-0.25, -0.2) is 0 Å². The summed E-state index contributed by atoms with van der Waals surface area (Å²) in [6.07, 6.45) is 1.65. The highest BCUT2D eigenvalue weighted by Crippen LogP contribution is 2.11. The molecule has 8 nitrogen and oxygen atoms in total. The Morgan fingerprint density at radius 3 is 2.82 bits per heavy atom. The standard InChI is InChI=1S/C13H15N7OS/c1-2-8-14-13(22)17-15-11(21)9-20-18-12(16-19-20)10-6-4-3-5-7-10/h2-7H,1,8-9H2,(H,15,21)(H2,14,17,22). The third kappa shape index (κ3) is 4.63. The van der Waals surface area contributed by atoms with Crippen molar-refractivity contribution >= 4 is 23.2 Å². The van der Waals surface area contributed by atoms with Gasteiger partial charge in [-0.15, -0.1) is 16.8 Å². The van der Waals surface area contributed by atoms with Crippen LogP contribution in [0, 0.1) is 0 Å².